The van der Waals surface area contributed by atoms with E-state index in [0.717, 1.165) is 0 Å². The molecule has 0 amide bonds. The van der Waals surface area contributed by atoms with Crippen LogP contribution < -0.4 is 10.6 Å². The molecule has 0 atom stereocenters. The third-order valence-electron chi connectivity index (χ3n) is 1.16. The fraction of sp³-hybridized carbons (Fsp3) is 0.143. The SMILES string of the molecule is COc1cccc(/C=N/N)n1. The maximum absolute atomic E-state index is 4.94. The molecular formula is C7H9N3O. The van der Waals surface area contributed by atoms with Crippen molar-refractivity contribution in [1.82, 2.24) is 4.98 Å². The van der Waals surface area contributed by atoms with Gasteiger partial charge in [0.1, 0.15) is 0 Å². The molecule has 1 rings (SSSR count). The number of nitrogens with two attached hydrogens (primary N) is 1. The molecule has 4 heteroatoms. The van der Waals surface area contributed by atoms with E-state index in [1.165, 1.54) is 6.21 Å². The van der Waals surface area contributed by atoms with E-state index in [0.29, 0.717) is 11.6 Å². The predicted molar refractivity (Wildman–Crippen MR) is 42.6 cm³/mol. The van der Waals surface area contributed by atoms with Gasteiger partial charge in [-0.05, 0) is 6.07 Å². The Hall–Kier alpha value is -1.58. The second-order valence-electron chi connectivity index (χ2n) is 1.88. The predicted octanol–water partition coefficient (Wildman–Crippen LogP) is 0.383. The van der Waals surface area contributed by atoms with E-state index < -0.39 is 0 Å². The van der Waals surface area contributed by atoms with E-state index in [-0.39, 0.29) is 0 Å². The number of pyridine rings is 1. The molecule has 0 aliphatic carbocycles. The summed E-state index contributed by atoms with van der Waals surface area (Å²) in [5.74, 6) is 5.50. The van der Waals surface area contributed by atoms with Gasteiger partial charge in [0, 0.05) is 6.07 Å². The highest BCUT2D eigenvalue weighted by molar-refractivity contribution is 5.76. The first-order chi connectivity index (χ1) is 5.36. The normalized spacial score (nSPS) is 10.3. The molecule has 1 aromatic rings. The molecule has 0 aliphatic rings. The van der Waals surface area contributed by atoms with E-state index >= 15 is 0 Å². The number of ether oxygens (including phenoxy) is 1. The average Bonchev–Trinajstić information content (AvgIpc) is 2.06. The largest absolute Gasteiger partial charge is 0.481 e. The Morgan fingerprint density at radius 3 is 3.09 bits per heavy atom. The Morgan fingerprint density at radius 1 is 1.64 bits per heavy atom. The van der Waals surface area contributed by atoms with Crippen LogP contribution in [0, 0.1) is 0 Å². The minimum absolute atomic E-state index is 0.558. The van der Waals surface area contributed by atoms with Crippen LogP contribution in [-0.2, 0) is 0 Å². The summed E-state index contributed by atoms with van der Waals surface area (Å²) in [6.07, 6.45) is 1.46. The van der Waals surface area contributed by atoms with Gasteiger partial charge in [0.15, 0.2) is 0 Å². The molecular weight excluding hydrogens is 142 g/mol. The molecule has 0 bridgehead atoms. The van der Waals surface area contributed by atoms with Gasteiger partial charge in [0.25, 0.3) is 0 Å². The number of rotatable bonds is 2. The van der Waals surface area contributed by atoms with Gasteiger partial charge in [0.2, 0.25) is 5.88 Å². The lowest BCUT2D eigenvalue weighted by Crippen LogP contribution is -1.93. The lowest BCUT2D eigenvalue weighted by molar-refractivity contribution is 0.397. The summed E-state index contributed by atoms with van der Waals surface area (Å²) in [5.41, 5.74) is 0.687. The van der Waals surface area contributed by atoms with Crippen LogP contribution in [0.3, 0.4) is 0 Å². The average molecular weight is 151 g/mol. The van der Waals surface area contributed by atoms with Crippen LogP contribution in [0.2, 0.25) is 0 Å². The molecule has 0 radical (unpaired) electrons. The Balaban J connectivity index is 2.91. The van der Waals surface area contributed by atoms with Crippen LogP contribution in [0.1, 0.15) is 5.69 Å². The van der Waals surface area contributed by atoms with Gasteiger partial charge in [-0.25, -0.2) is 4.98 Å². The summed E-state index contributed by atoms with van der Waals surface area (Å²) in [4.78, 5) is 4.03. The number of hydrogen-bond donors (Lipinski definition) is 1. The van der Waals surface area contributed by atoms with Crippen LogP contribution in [0.25, 0.3) is 0 Å². The topological polar surface area (TPSA) is 60.5 Å². The van der Waals surface area contributed by atoms with Crippen molar-refractivity contribution in [3.8, 4) is 5.88 Å². The zero-order chi connectivity index (χ0) is 8.10. The summed E-state index contributed by atoms with van der Waals surface area (Å²) < 4.78 is 4.89. The Kier molecular flexibility index (Phi) is 2.43. The third-order valence-corrected chi connectivity index (χ3v) is 1.16. The van der Waals surface area contributed by atoms with Crippen molar-refractivity contribution in [3.05, 3.63) is 23.9 Å². The number of nitrogens with zero attached hydrogens (tertiary/aromatic N) is 2. The molecule has 58 valence electrons. The Labute approximate surface area is 64.7 Å². The first-order valence-corrected chi connectivity index (χ1v) is 3.11. The van der Waals surface area contributed by atoms with Gasteiger partial charge >= 0.3 is 0 Å². The molecule has 0 unspecified atom stereocenters. The van der Waals surface area contributed by atoms with Crippen LogP contribution in [-0.4, -0.2) is 18.3 Å². The zero-order valence-corrected chi connectivity index (χ0v) is 6.19. The Bertz CT molecular complexity index is 260. The van der Waals surface area contributed by atoms with Gasteiger partial charge in [-0.1, -0.05) is 6.07 Å². The van der Waals surface area contributed by atoms with Gasteiger partial charge < -0.3 is 10.6 Å². The molecule has 0 saturated heterocycles. The summed E-state index contributed by atoms with van der Waals surface area (Å²) in [5, 5.41) is 3.34. The van der Waals surface area contributed by atoms with Crippen molar-refractivity contribution in [3.63, 3.8) is 0 Å². The molecule has 0 spiro atoms. The van der Waals surface area contributed by atoms with E-state index in [1.54, 1.807) is 19.2 Å². The smallest absolute Gasteiger partial charge is 0.213 e. The molecule has 0 aliphatic heterocycles. The summed E-state index contributed by atoms with van der Waals surface area (Å²) in [7, 11) is 1.56. The maximum Gasteiger partial charge on any atom is 0.213 e. The minimum Gasteiger partial charge on any atom is -0.481 e. The molecule has 2 N–H and O–H groups in total. The lowest BCUT2D eigenvalue weighted by atomic mass is 10.4. The Morgan fingerprint density at radius 2 is 2.45 bits per heavy atom. The molecule has 4 nitrogen and oxygen atoms in total. The number of aromatic nitrogens is 1. The monoisotopic (exact) mass is 151 g/mol. The standard InChI is InChI=1S/C7H9N3O/c1-11-7-4-2-3-6(10-7)5-9-8/h2-5H,8H2,1H3/b9-5+. The van der Waals surface area contributed by atoms with Crippen molar-refractivity contribution in [2.24, 2.45) is 10.9 Å². The van der Waals surface area contributed by atoms with E-state index in [1.807, 2.05) is 6.07 Å². The highest BCUT2D eigenvalue weighted by atomic mass is 16.5. The number of hydrazone groups is 1. The summed E-state index contributed by atoms with van der Waals surface area (Å²) in [6, 6.07) is 5.37. The molecule has 0 saturated carbocycles. The number of hydrogen-bond acceptors (Lipinski definition) is 4. The molecule has 1 aromatic heterocycles. The van der Waals surface area contributed by atoms with Crippen LogP contribution in [0.4, 0.5) is 0 Å². The fourth-order valence-electron chi connectivity index (χ4n) is 0.693. The van der Waals surface area contributed by atoms with Gasteiger partial charge in [-0.15, -0.1) is 0 Å². The molecule has 1 heterocycles. The van der Waals surface area contributed by atoms with Crippen LogP contribution in [0.15, 0.2) is 23.3 Å². The number of methoxy groups -OCH3 is 1. The summed E-state index contributed by atoms with van der Waals surface area (Å²) in [6.45, 7) is 0. The quantitative estimate of drug-likeness (QED) is 0.377. The van der Waals surface area contributed by atoms with Crippen molar-refractivity contribution >= 4 is 6.21 Å². The van der Waals surface area contributed by atoms with Gasteiger partial charge in [-0.2, -0.15) is 5.10 Å². The van der Waals surface area contributed by atoms with Gasteiger partial charge in [-0.3, -0.25) is 0 Å². The molecule has 0 aromatic carbocycles. The second kappa shape index (κ2) is 3.55. The summed E-state index contributed by atoms with van der Waals surface area (Å²) >= 11 is 0. The second-order valence-corrected chi connectivity index (χ2v) is 1.88. The lowest BCUT2D eigenvalue weighted by Gasteiger charge is -1.97. The van der Waals surface area contributed by atoms with Crippen molar-refractivity contribution in [1.29, 1.82) is 0 Å². The highest BCUT2D eigenvalue weighted by Crippen LogP contribution is 2.04. The van der Waals surface area contributed by atoms with Gasteiger partial charge in [0.05, 0.1) is 19.0 Å². The van der Waals surface area contributed by atoms with E-state index in [4.69, 9.17) is 10.6 Å². The highest BCUT2D eigenvalue weighted by Gasteiger charge is 1.92. The first kappa shape index (κ1) is 7.53. The fourth-order valence-corrected chi connectivity index (χ4v) is 0.693. The van der Waals surface area contributed by atoms with Crippen molar-refractivity contribution in [2.75, 3.05) is 7.11 Å². The van der Waals surface area contributed by atoms with E-state index in [2.05, 4.69) is 10.1 Å². The zero-order valence-electron chi connectivity index (χ0n) is 6.19. The first-order valence-electron chi connectivity index (χ1n) is 3.11. The third kappa shape index (κ3) is 1.93. The van der Waals surface area contributed by atoms with Crippen molar-refractivity contribution < 1.29 is 4.74 Å². The molecule has 11 heavy (non-hydrogen) atoms. The maximum atomic E-state index is 4.94. The minimum atomic E-state index is 0.558. The van der Waals surface area contributed by atoms with Crippen LogP contribution >= 0.6 is 0 Å². The van der Waals surface area contributed by atoms with E-state index in [9.17, 15) is 0 Å². The van der Waals surface area contributed by atoms with Crippen molar-refractivity contribution in [2.45, 2.75) is 0 Å². The molecule has 0 fully saturated rings. The van der Waals surface area contributed by atoms with Crippen LogP contribution in [0.5, 0.6) is 5.88 Å².